The molecule has 0 radical (unpaired) electrons. The lowest BCUT2D eigenvalue weighted by molar-refractivity contribution is 0.450. The molecule has 0 aliphatic rings. The summed E-state index contributed by atoms with van der Waals surface area (Å²) in [6, 6.07) is 8.39. The molecule has 19 heavy (non-hydrogen) atoms. The van der Waals surface area contributed by atoms with Crippen LogP contribution >= 0.6 is 0 Å². The van der Waals surface area contributed by atoms with Gasteiger partial charge in [0.2, 0.25) is 0 Å². The Labute approximate surface area is 111 Å². The molecule has 1 N–H and O–H groups in total. The van der Waals surface area contributed by atoms with E-state index in [1.54, 1.807) is 12.3 Å². The number of hydrogen-bond acceptors (Lipinski definition) is 3. The summed E-state index contributed by atoms with van der Waals surface area (Å²) >= 11 is 0. The molecule has 0 saturated carbocycles. The lowest BCUT2D eigenvalue weighted by Gasteiger charge is -2.14. The SMILES string of the molecule is CC(Cn1cccn1)NCc1cc(F)cc(C#N)c1. The topological polar surface area (TPSA) is 53.6 Å². The highest BCUT2D eigenvalue weighted by molar-refractivity contribution is 5.33. The zero-order chi connectivity index (χ0) is 13.7. The Bertz CT molecular complexity index is 572. The second kappa shape index (κ2) is 6.12. The Morgan fingerprint density at radius 3 is 3.00 bits per heavy atom. The van der Waals surface area contributed by atoms with Crippen LogP contribution in [-0.4, -0.2) is 15.8 Å². The molecule has 1 atom stereocenters. The molecule has 98 valence electrons. The molecule has 4 nitrogen and oxygen atoms in total. The van der Waals surface area contributed by atoms with E-state index in [4.69, 9.17) is 5.26 Å². The minimum absolute atomic E-state index is 0.203. The summed E-state index contributed by atoms with van der Waals surface area (Å²) in [5.41, 5.74) is 1.11. The van der Waals surface area contributed by atoms with E-state index >= 15 is 0 Å². The van der Waals surface area contributed by atoms with Crippen LogP contribution in [0.25, 0.3) is 0 Å². The first kappa shape index (κ1) is 13.2. The van der Waals surface area contributed by atoms with E-state index in [0.29, 0.717) is 12.1 Å². The monoisotopic (exact) mass is 258 g/mol. The van der Waals surface area contributed by atoms with Gasteiger partial charge in [0, 0.05) is 25.0 Å². The van der Waals surface area contributed by atoms with E-state index in [-0.39, 0.29) is 11.9 Å². The van der Waals surface area contributed by atoms with Gasteiger partial charge in [-0.25, -0.2) is 4.39 Å². The van der Waals surface area contributed by atoms with Gasteiger partial charge in [0.25, 0.3) is 0 Å². The molecule has 0 aliphatic carbocycles. The summed E-state index contributed by atoms with van der Waals surface area (Å²) in [4.78, 5) is 0. The summed E-state index contributed by atoms with van der Waals surface area (Å²) in [5.74, 6) is -0.379. The molecule has 0 spiro atoms. The second-order valence-electron chi connectivity index (χ2n) is 4.47. The van der Waals surface area contributed by atoms with Gasteiger partial charge in [-0.3, -0.25) is 4.68 Å². The number of hydrogen-bond donors (Lipinski definition) is 1. The molecule has 0 fully saturated rings. The lowest BCUT2D eigenvalue weighted by atomic mass is 10.1. The number of rotatable bonds is 5. The average molecular weight is 258 g/mol. The molecule has 2 rings (SSSR count). The van der Waals surface area contributed by atoms with Gasteiger partial charge < -0.3 is 5.32 Å². The Morgan fingerprint density at radius 1 is 1.47 bits per heavy atom. The molecule has 0 aliphatic heterocycles. The van der Waals surface area contributed by atoms with Crippen LogP contribution in [0.5, 0.6) is 0 Å². The van der Waals surface area contributed by atoms with Crippen molar-refractivity contribution < 1.29 is 4.39 Å². The number of nitriles is 1. The van der Waals surface area contributed by atoms with E-state index in [1.807, 2.05) is 29.9 Å². The van der Waals surface area contributed by atoms with E-state index in [1.165, 1.54) is 12.1 Å². The standard InChI is InChI=1S/C14H15FN4/c1-11(10-19-4-2-3-18-19)17-9-13-5-12(8-16)6-14(15)7-13/h2-7,11,17H,9-10H2,1H3. The molecule has 1 aromatic heterocycles. The van der Waals surface area contributed by atoms with Crippen LogP contribution in [0.2, 0.25) is 0 Å². The van der Waals surface area contributed by atoms with Gasteiger partial charge in [0.15, 0.2) is 0 Å². The van der Waals surface area contributed by atoms with Gasteiger partial charge in [-0.2, -0.15) is 10.4 Å². The van der Waals surface area contributed by atoms with Crippen molar-refractivity contribution in [3.8, 4) is 6.07 Å². The van der Waals surface area contributed by atoms with Crippen molar-refractivity contribution in [1.82, 2.24) is 15.1 Å². The van der Waals surface area contributed by atoms with Crippen LogP contribution in [-0.2, 0) is 13.1 Å². The third-order valence-electron chi connectivity index (χ3n) is 2.76. The second-order valence-corrected chi connectivity index (χ2v) is 4.47. The molecule has 0 amide bonds. The van der Waals surface area contributed by atoms with Crippen LogP contribution in [0, 0.1) is 17.1 Å². The normalized spacial score (nSPS) is 12.1. The van der Waals surface area contributed by atoms with E-state index in [2.05, 4.69) is 10.4 Å². The maximum atomic E-state index is 13.3. The molecule has 0 saturated heterocycles. The summed E-state index contributed by atoms with van der Waals surface area (Å²) in [6.07, 6.45) is 3.63. The third kappa shape index (κ3) is 3.90. The zero-order valence-corrected chi connectivity index (χ0v) is 10.7. The zero-order valence-electron chi connectivity index (χ0n) is 10.7. The Morgan fingerprint density at radius 2 is 2.32 bits per heavy atom. The number of nitrogens with zero attached hydrogens (tertiary/aromatic N) is 3. The van der Waals surface area contributed by atoms with E-state index < -0.39 is 0 Å². The first-order chi connectivity index (χ1) is 9.17. The van der Waals surface area contributed by atoms with Gasteiger partial charge >= 0.3 is 0 Å². The van der Waals surface area contributed by atoms with Gasteiger partial charge in [-0.1, -0.05) is 0 Å². The number of benzene rings is 1. The number of nitrogens with one attached hydrogen (secondary N) is 1. The molecule has 0 bridgehead atoms. The Balaban J connectivity index is 1.91. The molecular weight excluding hydrogens is 243 g/mol. The van der Waals surface area contributed by atoms with E-state index in [0.717, 1.165) is 12.1 Å². The highest BCUT2D eigenvalue weighted by atomic mass is 19.1. The molecule has 1 unspecified atom stereocenters. The van der Waals surface area contributed by atoms with Crippen LogP contribution in [0.1, 0.15) is 18.1 Å². The third-order valence-corrected chi connectivity index (χ3v) is 2.76. The van der Waals surface area contributed by atoms with Gasteiger partial charge in [0.1, 0.15) is 5.82 Å². The quantitative estimate of drug-likeness (QED) is 0.893. The van der Waals surface area contributed by atoms with Crippen LogP contribution in [0.15, 0.2) is 36.7 Å². The van der Waals surface area contributed by atoms with Crippen molar-refractivity contribution in [1.29, 1.82) is 5.26 Å². The minimum atomic E-state index is -0.379. The predicted octanol–water partition coefficient (Wildman–Crippen LogP) is 2.07. The predicted molar refractivity (Wildman–Crippen MR) is 69.6 cm³/mol. The first-order valence-electron chi connectivity index (χ1n) is 6.08. The summed E-state index contributed by atoms with van der Waals surface area (Å²) < 4.78 is 15.1. The minimum Gasteiger partial charge on any atom is -0.308 e. The average Bonchev–Trinajstić information content (AvgIpc) is 2.88. The fourth-order valence-electron chi connectivity index (χ4n) is 1.86. The van der Waals surface area contributed by atoms with Crippen molar-refractivity contribution in [2.24, 2.45) is 0 Å². The lowest BCUT2D eigenvalue weighted by Crippen LogP contribution is -2.30. The van der Waals surface area contributed by atoms with Gasteiger partial charge in [-0.15, -0.1) is 0 Å². The molecule has 5 heteroatoms. The summed E-state index contributed by atoms with van der Waals surface area (Å²) in [6.45, 7) is 3.30. The van der Waals surface area contributed by atoms with Gasteiger partial charge in [-0.05, 0) is 36.8 Å². The van der Waals surface area contributed by atoms with Crippen molar-refractivity contribution in [2.45, 2.75) is 26.1 Å². The molecule has 2 aromatic rings. The molecular formula is C14H15FN4. The van der Waals surface area contributed by atoms with Crippen molar-refractivity contribution in [3.63, 3.8) is 0 Å². The van der Waals surface area contributed by atoms with Gasteiger partial charge in [0.05, 0.1) is 18.2 Å². The fourth-order valence-corrected chi connectivity index (χ4v) is 1.86. The maximum Gasteiger partial charge on any atom is 0.124 e. The highest BCUT2D eigenvalue weighted by Gasteiger charge is 2.05. The number of aromatic nitrogens is 2. The van der Waals surface area contributed by atoms with Crippen molar-refractivity contribution in [3.05, 3.63) is 53.6 Å². The Hall–Kier alpha value is -2.19. The highest BCUT2D eigenvalue weighted by Crippen LogP contribution is 2.08. The molecule has 1 aromatic carbocycles. The first-order valence-corrected chi connectivity index (χ1v) is 6.08. The Kier molecular flexibility index (Phi) is 4.26. The van der Waals surface area contributed by atoms with E-state index in [9.17, 15) is 4.39 Å². The summed E-state index contributed by atoms with van der Waals surface area (Å²) in [7, 11) is 0. The summed E-state index contributed by atoms with van der Waals surface area (Å²) in [5, 5.41) is 16.2. The van der Waals surface area contributed by atoms with Crippen LogP contribution in [0.4, 0.5) is 4.39 Å². The largest absolute Gasteiger partial charge is 0.308 e. The molecule has 1 heterocycles. The fraction of sp³-hybridized carbons (Fsp3) is 0.286. The van der Waals surface area contributed by atoms with Crippen molar-refractivity contribution >= 4 is 0 Å². The van der Waals surface area contributed by atoms with Crippen molar-refractivity contribution in [2.75, 3.05) is 0 Å². The number of halogens is 1. The maximum absolute atomic E-state index is 13.3. The smallest absolute Gasteiger partial charge is 0.124 e. The van der Waals surface area contributed by atoms with Crippen LogP contribution < -0.4 is 5.32 Å². The van der Waals surface area contributed by atoms with Crippen LogP contribution in [0.3, 0.4) is 0 Å².